The van der Waals surface area contributed by atoms with Gasteiger partial charge in [-0.2, -0.15) is 30.4 Å². The zero-order valence-corrected chi connectivity index (χ0v) is 32.0. The van der Waals surface area contributed by atoms with E-state index in [0.29, 0.717) is 0 Å². The molecule has 0 N–H and O–H groups in total. The smallest absolute Gasteiger partial charge is 0.619 e. The van der Waals surface area contributed by atoms with Gasteiger partial charge in [0, 0.05) is 17.1 Å². The fourth-order valence-corrected chi connectivity index (χ4v) is 8.55. The Labute approximate surface area is 331 Å². The second kappa shape index (κ2) is 13.5. The van der Waals surface area contributed by atoms with E-state index >= 15 is 0 Å². The number of benzene rings is 7. The molecule has 5 heteroatoms. The number of para-hydroxylation sites is 2. The standard InChI is InChI=1S/C39H26N2.C10H8N2.Pt/c1-40-25-41(38-17-9-8-16-37(38)40)28-21-18-26(19-22-28)27-20-23-32-31-12-4-7-15-35(31)39(36(32)24-27)33-13-5-2-10-29(33)30-11-3-6-14-34(30)39;1-8-7-10(12-11-8)9-5-3-2-4-6-9;/h2-21,23-25H,1H3;2-5,7H,1H3;/q2*-2;+4. The summed E-state index contributed by atoms with van der Waals surface area (Å²) >= 11 is 0. The third-order valence-corrected chi connectivity index (χ3v) is 10.8. The van der Waals surface area contributed by atoms with Gasteiger partial charge < -0.3 is 20.0 Å². The Kier molecular flexibility index (Phi) is 8.44. The van der Waals surface area contributed by atoms with Crippen LogP contribution in [0.5, 0.6) is 0 Å². The van der Waals surface area contributed by atoms with Gasteiger partial charge in [-0.25, -0.2) is 5.69 Å². The Hall–Kier alpha value is -5.96. The van der Waals surface area contributed by atoms with Gasteiger partial charge in [0.05, 0.1) is 5.41 Å². The third kappa shape index (κ3) is 5.20. The molecular weight excluding hydrogens is 840 g/mol. The van der Waals surface area contributed by atoms with Crippen LogP contribution in [0.3, 0.4) is 0 Å². The quantitative estimate of drug-likeness (QED) is 0.166. The summed E-state index contributed by atoms with van der Waals surface area (Å²) in [4.78, 5) is 4.37. The van der Waals surface area contributed by atoms with Crippen LogP contribution in [-0.4, -0.2) is 12.1 Å². The summed E-state index contributed by atoms with van der Waals surface area (Å²) < 4.78 is 0. The number of rotatable bonds is 3. The summed E-state index contributed by atoms with van der Waals surface area (Å²) in [6, 6.07) is 65.4. The van der Waals surface area contributed by atoms with Crippen molar-refractivity contribution in [3.05, 3.63) is 211 Å². The molecule has 1 aromatic heterocycles. The van der Waals surface area contributed by atoms with Crippen LogP contribution in [0, 0.1) is 25.7 Å². The molecule has 4 nitrogen and oxygen atoms in total. The van der Waals surface area contributed by atoms with Crippen LogP contribution >= 0.6 is 0 Å². The fourth-order valence-electron chi connectivity index (χ4n) is 8.55. The van der Waals surface area contributed by atoms with E-state index in [4.69, 9.17) is 0 Å². The summed E-state index contributed by atoms with van der Waals surface area (Å²) in [6.07, 6.45) is 0. The maximum absolute atomic E-state index is 4.00. The number of hydrogen-bond acceptors (Lipinski definition) is 3. The Balaban J connectivity index is 0.000000253. The normalized spacial score (nSPS) is 13.6. The average Bonchev–Trinajstić information content (AvgIpc) is 3.97. The molecule has 11 rings (SSSR count). The summed E-state index contributed by atoms with van der Waals surface area (Å²) in [6.45, 7) is 4.06. The number of nitrogens with zero attached hydrogens (tertiary/aromatic N) is 4. The molecule has 0 amide bonds. The van der Waals surface area contributed by atoms with Gasteiger partial charge in [-0.1, -0.05) is 115 Å². The minimum absolute atomic E-state index is 0. The second-order valence-electron chi connectivity index (χ2n) is 13.8. The molecule has 2 aliphatic carbocycles. The Morgan fingerprint density at radius 1 is 0.593 bits per heavy atom. The van der Waals surface area contributed by atoms with Crippen molar-refractivity contribution in [3.63, 3.8) is 0 Å². The van der Waals surface area contributed by atoms with E-state index in [1.54, 1.807) is 0 Å². The van der Waals surface area contributed by atoms with Crippen LogP contribution in [0.2, 0.25) is 0 Å². The molecule has 3 aliphatic rings. The van der Waals surface area contributed by atoms with Crippen molar-refractivity contribution in [3.8, 4) is 44.6 Å². The van der Waals surface area contributed by atoms with Crippen molar-refractivity contribution in [2.45, 2.75) is 12.3 Å². The van der Waals surface area contributed by atoms with Crippen molar-refractivity contribution >= 4 is 17.1 Å². The number of anilines is 3. The molecule has 260 valence electrons. The van der Waals surface area contributed by atoms with Gasteiger partial charge in [0.25, 0.3) is 0 Å². The van der Waals surface area contributed by atoms with Crippen LogP contribution < -0.4 is 14.9 Å². The first-order chi connectivity index (χ1) is 26.1. The summed E-state index contributed by atoms with van der Waals surface area (Å²) in [7, 11) is 2.09. The maximum atomic E-state index is 4.00. The molecule has 0 saturated carbocycles. The Morgan fingerprint density at radius 2 is 1.19 bits per heavy atom. The molecular formula is C49H34N4Pt. The molecule has 0 atom stereocenters. The molecule has 8 aromatic rings. The number of hydrogen-bond donors (Lipinski definition) is 0. The van der Waals surface area contributed by atoms with E-state index in [0.717, 1.165) is 22.6 Å². The zero-order valence-electron chi connectivity index (χ0n) is 29.8. The molecule has 0 saturated heterocycles. The van der Waals surface area contributed by atoms with E-state index in [1.807, 2.05) is 37.3 Å². The van der Waals surface area contributed by atoms with Crippen LogP contribution in [0.1, 0.15) is 27.9 Å². The summed E-state index contributed by atoms with van der Waals surface area (Å²) in [5, 5.41) is 7.93. The van der Waals surface area contributed by atoms with E-state index in [9.17, 15) is 0 Å². The minimum atomic E-state index is -0.322. The van der Waals surface area contributed by atoms with Crippen LogP contribution in [0.25, 0.3) is 44.6 Å². The van der Waals surface area contributed by atoms with Crippen LogP contribution in [0.4, 0.5) is 17.1 Å². The SMILES string of the molecule is CN1[CH-]N(c2[c-]cc(-c3ccc4c(c3)C3(c5ccccc5-c5ccccc53)c3ccccc3-4)cc2)c2ccccc21.Cc1cc(-c2[c-]cccc2)[n-]n1.[Pt+4]. The number of aromatic nitrogens is 2. The summed E-state index contributed by atoms with van der Waals surface area (Å²) in [5.41, 5.74) is 19.1. The molecule has 2 heterocycles. The van der Waals surface area contributed by atoms with Crippen molar-refractivity contribution in [1.82, 2.24) is 10.2 Å². The van der Waals surface area contributed by atoms with E-state index in [1.165, 1.54) is 67.0 Å². The van der Waals surface area contributed by atoms with Gasteiger partial charge in [-0.3, -0.25) is 0 Å². The van der Waals surface area contributed by atoms with Crippen LogP contribution in [0.15, 0.2) is 164 Å². The van der Waals surface area contributed by atoms with Gasteiger partial charge in [0.1, 0.15) is 0 Å². The van der Waals surface area contributed by atoms with Gasteiger partial charge in [0.15, 0.2) is 0 Å². The molecule has 54 heavy (non-hydrogen) atoms. The topological polar surface area (TPSA) is 33.5 Å². The van der Waals surface area contributed by atoms with Gasteiger partial charge in [0.2, 0.25) is 0 Å². The number of fused-ring (bicyclic) bond motifs is 11. The Bertz CT molecular complexity index is 2580. The molecule has 7 aromatic carbocycles. The first kappa shape index (κ1) is 33.8. The van der Waals surface area contributed by atoms with Crippen molar-refractivity contribution in [1.29, 1.82) is 0 Å². The zero-order chi connectivity index (χ0) is 35.5. The monoisotopic (exact) mass is 873 g/mol. The summed E-state index contributed by atoms with van der Waals surface area (Å²) in [5.74, 6) is 0. The molecule has 0 fully saturated rings. The third-order valence-electron chi connectivity index (χ3n) is 10.8. The van der Waals surface area contributed by atoms with Crippen LogP contribution in [-0.2, 0) is 26.5 Å². The number of aryl methyl sites for hydroxylation is 1. The van der Waals surface area contributed by atoms with Gasteiger partial charge >= 0.3 is 21.1 Å². The van der Waals surface area contributed by atoms with Crippen molar-refractivity contribution < 1.29 is 21.1 Å². The average molecular weight is 874 g/mol. The molecule has 1 spiro atoms. The van der Waals surface area contributed by atoms with Crippen molar-refractivity contribution in [2.75, 3.05) is 16.8 Å². The first-order valence-electron chi connectivity index (χ1n) is 18.0. The van der Waals surface area contributed by atoms with E-state index < -0.39 is 0 Å². The molecule has 1 aliphatic heterocycles. The van der Waals surface area contributed by atoms with E-state index in [2.05, 4.69) is 179 Å². The fraction of sp³-hybridized carbons (Fsp3) is 0.0612. The maximum Gasteiger partial charge on any atom is 4.00 e. The Morgan fingerprint density at radius 3 is 1.78 bits per heavy atom. The van der Waals surface area contributed by atoms with E-state index in [-0.39, 0.29) is 26.5 Å². The minimum Gasteiger partial charge on any atom is -0.619 e. The predicted octanol–water partition coefficient (Wildman–Crippen LogP) is 11.0. The molecule has 0 bridgehead atoms. The second-order valence-corrected chi connectivity index (χ2v) is 13.8. The first-order valence-corrected chi connectivity index (χ1v) is 18.0. The largest absolute Gasteiger partial charge is 4.00 e. The van der Waals surface area contributed by atoms with Crippen molar-refractivity contribution in [2.24, 2.45) is 0 Å². The predicted molar refractivity (Wildman–Crippen MR) is 215 cm³/mol. The van der Waals surface area contributed by atoms with Gasteiger partial charge in [-0.15, -0.1) is 47.6 Å². The molecule has 0 radical (unpaired) electrons. The molecule has 0 unspecified atom stereocenters. The van der Waals surface area contributed by atoms with Gasteiger partial charge in [-0.05, 0) is 70.6 Å².